The van der Waals surface area contributed by atoms with Crippen molar-refractivity contribution in [3.63, 3.8) is 0 Å². The number of carbonyl (C=O) groups is 18. The van der Waals surface area contributed by atoms with Crippen molar-refractivity contribution in [1.29, 1.82) is 0 Å². The minimum atomic E-state index is -1.88. The molecule has 16 amide bonds. The zero-order chi connectivity index (χ0) is 87.7. The summed E-state index contributed by atoms with van der Waals surface area (Å²) in [7, 11) is 3.31. The third-order valence-electron chi connectivity index (χ3n) is 19.8. The molecule has 4 aliphatic heterocycles. The lowest BCUT2D eigenvalue weighted by Crippen LogP contribution is -2.61. The van der Waals surface area contributed by atoms with E-state index in [1.807, 2.05) is 0 Å². The van der Waals surface area contributed by atoms with Crippen LogP contribution in [0.5, 0.6) is 0 Å². The Balaban J connectivity index is 1.34. The Labute approximate surface area is 705 Å². The highest BCUT2D eigenvalue weighted by atomic mass is 33.1. The maximum Gasteiger partial charge on any atom is 0.303 e. The number of carboxylic acid groups (broad SMARTS) is 2. The summed E-state index contributed by atoms with van der Waals surface area (Å²) in [4.78, 5) is 280. The number of hydrogen-bond acceptors (Lipinski definition) is 27. The molecule has 44 nitrogen and oxygen atoms in total. The number of aliphatic carboxylic acids is 2. The Morgan fingerprint density at radius 2 is 0.900 bits per heavy atom. The highest BCUT2D eigenvalue weighted by molar-refractivity contribution is 8.77. The Morgan fingerprint density at radius 3 is 1.38 bits per heavy atom. The van der Waals surface area contributed by atoms with E-state index in [9.17, 15) is 87.2 Å². The molecule has 0 saturated carbocycles. The first-order valence-electron chi connectivity index (χ1n) is 39.3. The van der Waals surface area contributed by atoms with Gasteiger partial charge in [-0.1, -0.05) is 83.2 Å². The summed E-state index contributed by atoms with van der Waals surface area (Å²) in [5.74, 6) is -20.5. The number of hydrogen-bond donors (Lipinski definition) is 21. The monoisotopic (exact) mass is 1760 g/mol. The zero-order valence-electron chi connectivity index (χ0n) is 66.6. The number of carbonyl (C=O) groups excluding carboxylic acids is 16. The van der Waals surface area contributed by atoms with E-state index in [2.05, 4.69) is 99.0 Å². The van der Waals surface area contributed by atoms with Crippen molar-refractivity contribution in [3.8, 4) is 0 Å². The summed E-state index contributed by atoms with van der Waals surface area (Å²) in [5.41, 5.74) is 12.5. The smallest absolute Gasteiger partial charge is 0.303 e. The fraction of sp³-hybridized carbons (Fsp3) is 0.625. The molecule has 15 atom stereocenters. The molecule has 0 radical (unpaired) electrons. The van der Waals surface area contributed by atoms with Crippen LogP contribution in [0, 0.1) is 5.92 Å². The molecule has 4 saturated heterocycles. The number of nitrogens with one attached hydrogen (secondary N) is 16. The first-order valence-corrected chi connectivity index (χ1v) is 44.2. The number of nitrogens with zero attached hydrogens (tertiary/aromatic N) is 5. The van der Waals surface area contributed by atoms with Crippen LogP contribution < -0.4 is 80.6 Å². The van der Waals surface area contributed by atoms with E-state index in [1.54, 1.807) is 20.8 Å². The number of carboxylic acids is 2. The van der Waals surface area contributed by atoms with Crippen LogP contribution in [0.2, 0.25) is 0 Å². The van der Waals surface area contributed by atoms with Crippen LogP contribution in [0.1, 0.15) is 135 Å². The number of H-pyrrole nitrogens is 3. The number of primary amides is 1. The summed E-state index contributed by atoms with van der Waals surface area (Å²) in [6.07, 6.45) is 6.06. The quantitative estimate of drug-likeness (QED) is 0.0311. The fourth-order valence-corrected chi connectivity index (χ4v) is 18.0. The van der Waals surface area contributed by atoms with Crippen molar-refractivity contribution in [2.45, 2.75) is 227 Å². The number of aromatic nitrogens is 6. The van der Waals surface area contributed by atoms with Gasteiger partial charge in [-0.2, -0.15) is 0 Å². The van der Waals surface area contributed by atoms with E-state index < -0.39 is 246 Å². The summed E-state index contributed by atoms with van der Waals surface area (Å²) in [6, 6.07) is -23.7. The number of imidazole rings is 3. The van der Waals surface area contributed by atoms with Crippen LogP contribution in [0.15, 0.2) is 37.6 Å². The molecule has 7 heterocycles. The van der Waals surface area contributed by atoms with Crippen LogP contribution >= 0.6 is 43.2 Å². The molecule has 660 valence electrons. The number of aliphatic hydroxyl groups is 1. The van der Waals surface area contributed by atoms with Crippen LogP contribution in [-0.2, 0) is 106 Å². The third kappa shape index (κ3) is 30.3. The molecule has 0 aliphatic carbocycles. The molecule has 7 rings (SSSR count). The summed E-state index contributed by atoms with van der Waals surface area (Å²) in [5, 5.41) is 63.9. The number of aliphatic hydroxyl groups excluding tert-OH is 1. The summed E-state index contributed by atoms with van der Waals surface area (Å²) in [6.45, 7) is 4.52. The number of rotatable bonds is 23. The summed E-state index contributed by atoms with van der Waals surface area (Å²) < 4.78 is 0. The van der Waals surface area contributed by atoms with Crippen LogP contribution in [0.4, 0.5) is 0 Å². The molecule has 0 aromatic carbocycles. The minimum absolute atomic E-state index is 0.00143. The number of amides is 16. The average molecular weight is 1760 g/mol. The lowest BCUT2D eigenvalue weighted by molar-refractivity contribution is -0.143. The Bertz CT molecular complexity index is 4060. The van der Waals surface area contributed by atoms with E-state index in [4.69, 9.17) is 11.5 Å². The first kappa shape index (κ1) is 96.5. The van der Waals surface area contributed by atoms with Gasteiger partial charge in [0.05, 0.1) is 32.1 Å². The van der Waals surface area contributed by atoms with E-state index in [0.29, 0.717) is 17.8 Å². The van der Waals surface area contributed by atoms with Crippen LogP contribution in [-0.4, -0.2) is 301 Å². The van der Waals surface area contributed by atoms with Crippen molar-refractivity contribution in [2.24, 2.45) is 17.4 Å². The number of unbranched alkanes of at least 4 members (excludes halogenated alkanes) is 2. The van der Waals surface area contributed by atoms with Gasteiger partial charge in [-0.3, -0.25) is 86.3 Å². The third-order valence-corrected chi connectivity index (χ3v) is 24.6. The van der Waals surface area contributed by atoms with Gasteiger partial charge in [0.2, 0.25) is 94.5 Å². The summed E-state index contributed by atoms with van der Waals surface area (Å²) >= 11 is 0. The minimum Gasteiger partial charge on any atom is -0.481 e. The van der Waals surface area contributed by atoms with Gasteiger partial charge >= 0.3 is 11.9 Å². The second-order valence-electron chi connectivity index (χ2n) is 29.5. The molecule has 4 aliphatic rings. The normalized spacial score (nSPS) is 26.8. The van der Waals surface area contributed by atoms with Crippen LogP contribution in [0.3, 0.4) is 0 Å². The molecule has 120 heavy (non-hydrogen) atoms. The predicted molar refractivity (Wildman–Crippen MR) is 434 cm³/mol. The van der Waals surface area contributed by atoms with Gasteiger partial charge < -0.3 is 121 Å². The van der Waals surface area contributed by atoms with Crippen molar-refractivity contribution in [2.75, 3.05) is 49.3 Å². The molecule has 0 unspecified atom stereocenters. The van der Waals surface area contributed by atoms with Crippen molar-refractivity contribution >= 4 is 150 Å². The van der Waals surface area contributed by atoms with Gasteiger partial charge in [0.1, 0.15) is 90.6 Å². The predicted octanol–water partition coefficient (Wildman–Crippen LogP) is -5.84. The molecule has 0 spiro atoms. The maximum absolute atomic E-state index is 15.1. The van der Waals surface area contributed by atoms with Gasteiger partial charge in [-0.25, -0.2) is 15.0 Å². The number of aromatic amines is 3. The van der Waals surface area contributed by atoms with Gasteiger partial charge in [-0.15, -0.1) is 0 Å². The largest absolute Gasteiger partial charge is 0.481 e. The number of fused-ring (bicyclic) bond motifs is 10. The van der Waals surface area contributed by atoms with Gasteiger partial charge in [-0.05, 0) is 70.6 Å². The lowest BCUT2D eigenvalue weighted by atomic mass is 10.0. The second kappa shape index (κ2) is 48.6. The molecule has 4 fully saturated rings. The molecule has 23 N–H and O–H groups in total. The van der Waals surface area contributed by atoms with E-state index in [1.165, 1.54) is 49.4 Å². The topological polar surface area (TPSA) is 669 Å². The number of nitrogens with two attached hydrogens (primary N) is 2. The SMILES string of the molecule is CCCC[C@@H]1NC(=O)[C@H](Cc2cnc[nH]2)NC(=O)[C@@H]2CSSC[C@H](NC(=O)CN)C(=O)N[C@@H](CSSC[C@@H](C(N)=O)NC(=O)[C@H](CC(C)C)NC(=O)[C@H](CCC(=O)O)NC(=O)[C@@H]3CCCN3C(=O)[C@H](Cc3cnc[nH]3)NC(=O)[C@H](CCCCC(=O)O)NC1=O)C(=O)N[C@@H](CO)C(=O)N[C@@H](Cc1cnc[nH]1)C(=O)N1CCC[C@H]1C(=O)N[C@@H](C)C(=O)N2. The average Bonchev–Trinajstić information content (AvgIpc) is 1.65. The van der Waals surface area contributed by atoms with Crippen LogP contribution in [0.25, 0.3) is 0 Å². The zero-order valence-corrected chi connectivity index (χ0v) is 69.9. The maximum atomic E-state index is 15.1. The molecule has 3 aromatic rings. The van der Waals surface area contributed by atoms with Crippen molar-refractivity contribution in [3.05, 3.63) is 54.7 Å². The highest BCUT2D eigenvalue weighted by Gasteiger charge is 2.44. The molecule has 3 aromatic heterocycles. The second-order valence-corrected chi connectivity index (χ2v) is 34.6. The van der Waals surface area contributed by atoms with Gasteiger partial charge in [0, 0.05) is 104 Å². The fourth-order valence-electron chi connectivity index (χ4n) is 13.3. The first-order chi connectivity index (χ1) is 57.3. The molecular formula is C72H107N23O21S4. The van der Waals surface area contributed by atoms with Gasteiger partial charge in [0.25, 0.3) is 0 Å². The Hall–Kier alpha value is -10.6. The lowest BCUT2D eigenvalue weighted by Gasteiger charge is -2.31. The van der Waals surface area contributed by atoms with Crippen molar-refractivity contribution in [1.82, 2.24) is 109 Å². The Morgan fingerprint density at radius 1 is 0.483 bits per heavy atom. The van der Waals surface area contributed by atoms with E-state index in [0.717, 1.165) is 48.1 Å². The molecule has 2 bridgehead atoms. The van der Waals surface area contributed by atoms with E-state index in [-0.39, 0.29) is 115 Å². The highest BCUT2D eigenvalue weighted by Crippen LogP contribution is 2.28. The standard InChI is InChI=1S/C72H107N23O21S4/c1-5-6-11-41-60(104)83-42(12-7-8-15-56(98)99)61(105)88-46(22-39-26-76-34-79-39)71(115)95-19-10-14-54(95)70(114)85-43(16-17-57(100)101)62(106)86-44(20-36(2)3)63(107)91-49(58(74)102)29-117-119-32-52-68(112)90-48(28-96)65(109)89-47(23-40-27-77-35-80-40)72(116)94-18-9-13-53(94)69(113)81-37(4)59(103)92-51(31-120-118-30-50(66(110)93-52)82-55(97)24-73)67(111)87-45(64(108)84-41)21-38-25-75-33-78-38/h25-27,33-37,41-54,96H,5-24,28-32,73H2,1-4H3,(H2,74,102)(H,75,78)(H,76,79)(H,77,80)(H,81,113)(H,82,97)(H,83,104)(H,84,108)(H,85,114)(H,86,106)(H,87,111)(H,88,105)(H,89,109)(H,90,112)(H,91,107)(H,92,103)(H,93,110)(H,98,99)(H,100,101)/t37-,41-,42-,43-,44-,45-,46-,47-,48-,49-,50-,51-,52-,53-,54-/m0/s1. The van der Waals surface area contributed by atoms with Gasteiger partial charge in [0.15, 0.2) is 0 Å². The van der Waals surface area contributed by atoms with E-state index >= 15 is 14.4 Å². The van der Waals surface area contributed by atoms with Crippen molar-refractivity contribution < 1.29 is 102 Å². The molecule has 48 heteroatoms. The Kier molecular flexibility index (Phi) is 39.1. The molecular weight excluding hydrogens is 1650 g/mol.